The van der Waals surface area contributed by atoms with Crippen molar-refractivity contribution < 1.29 is 13.2 Å². The third kappa shape index (κ3) is 2.18. The highest BCUT2D eigenvalue weighted by molar-refractivity contribution is 6.17. The Morgan fingerprint density at radius 2 is 1.93 bits per heavy atom. The van der Waals surface area contributed by atoms with E-state index in [1.807, 2.05) is 0 Å². The molecule has 0 unspecified atom stereocenters. The van der Waals surface area contributed by atoms with Crippen LogP contribution in [-0.2, 0) is 12.1 Å². The molecule has 0 aliphatic rings. The summed E-state index contributed by atoms with van der Waals surface area (Å²) < 4.78 is 37.4. The van der Waals surface area contributed by atoms with Crippen molar-refractivity contribution in [1.82, 2.24) is 4.98 Å². The minimum atomic E-state index is -4.43. The van der Waals surface area contributed by atoms with Gasteiger partial charge in [0.05, 0.1) is 0 Å². The summed E-state index contributed by atoms with van der Waals surface area (Å²) in [6, 6.07) is 1.59. The number of nitrogens with zero attached hydrogens (tertiary/aromatic N) is 1. The molecule has 0 spiro atoms. The lowest BCUT2D eigenvalue weighted by Crippen LogP contribution is -2.13. The predicted molar refractivity (Wildman–Crippen MR) is 48.3 cm³/mol. The summed E-state index contributed by atoms with van der Waals surface area (Å²) in [4.78, 5) is 3.47. The van der Waals surface area contributed by atoms with Gasteiger partial charge in [0.2, 0.25) is 0 Å². The highest BCUT2D eigenvalue weighted by Gasteiger charge is 2.35. The summed E-state index contributed by atoms with van der Waals surface area (Å²) in [5.41, 5.74) is 0.0679. The molecule has 0 aliphatic carbocycles. The number of alkyl halides is 4. The van der Waals surface area contributed by atoms with Gasteiger partial charge in [-0.25, -0.2) is 4.98 Å². The zero-order chi connectivity index (χ0) is 10.9. The Labute approximate surface area is 84.9 Å². The zero-order valence-corrected chi connectivity index (χ0v) is 8.50. The van der Waals surface area contributed by atoms with Crippen LogP contribution in [0.15, 0.2) is 6.07 Å². The molecule has 1 aromatic heterocycles. The zero-order valence-electron chi connectivity index (χ0n) is 7.74. The van der Waals surface area contributed by atoms with Crippen molar-refractivity contribution in [2.24, 2.45) is 0 Å². The van der Waals surface area contributed by atoms with Gasteiger partial charge in [-0.15, -0.1) is 11.6 Å². The van der Waals surface area contributed by atoms with E-state index in [-0.39, 0.29) is 11.4 Å². The highest BCUT2D eigenvalue weighted by Crippen LogP contribution is 2.32. The summed E-state index contributed by atoms with van der Waals surface area (Å²) in [5.74, 6) is -0.173. The van der Waals surface area contributed by atoms with Crippen LogP contribution >= 0.6 is 11.6 Å². The van der Waals surface area contributed by atoms with Crippen LogP contribution in [0.3, 0.4) is 0 Å². The molecule has 0 saturated carbocycles. The van der Waals surface area contributed by atoms with E-state index in [0.717, 1.165) is 0 Å². The van der Waals surface area contributed by atoms with Gasteiger partial charge < -0.3 is 0 Å². The number of aryl methyl sites for hydroxylation is 2. The van der Waals surface area contributed by atoms with Gasteiger partial charge in [0.25, 0.3) is 0 Å². The molecule has 1 nitrogen and oxygen atoms in total. The van der Waals surface area contributed by atoms with E-state index in [0.29, 0.717) is 11.3 Å². The maximum absolute atomic E-state index is 12.5. The first kappa shape index (κ1) is 11.3. The van der Waals surface area contributed by atoms with Crippen LogP contribution in [0, 0.1) is 13.8 Å². The summed E-state index contributed by atoms with van der Waals surface area (Å²) in [7, 11) is 0. The number of hydrogen-bond donors (Lipinski definition) is 0. The first-order chi connectivity index (χ1) is 6.36. The molecule has 0 N–H and O–H groups in total. The molecule has 0 aliphatic heterocycles. The Balaban J connectivity index is 3.40. The second-order valence-electron chi connectivity index (χ2n) is 3.04. The van der Waals surface area contributed by atoms with E-state index in [1.54, 1.807) is 13.0 Å². The number of hydrogen-bond acceptors (Lipinski definition) is 1. The smallest absolute Gasteiger partial charge is 0.248 e. The normalized spacial score (nSPS) is 11.9. The van der Waals surface area contributed by atoms with Crippen molar-refractivity contribution in [1.29, 1.82) is 0 Å². The lowest BCUT2D eigenvalue weighted by Gasteiger charge is -2.13. The van der Waals surface area contributed by atoms with E-state index in [1.165, 1.54) is 6.92 Å². The molecule has 1 heterocycles. The Morgan fingerprint density at radius 1 is 1.36 bits per heavy atom. The molecule has 78 valence electrons. The van der Waals surface area contributed by atoms with Crippen molar-refractivity contribution in [3.63, 3.8) is 0 Å². The third-order valence-electron chi connectivity index (χ3n) is 1.88. The summed E-state index contributed by atoms with van der Waals surface area (Å²) >= 11 is 5.46. The maximum Gasteiger partial charge on any atom is 0.433 e. The molecule has 0 atom stereocenters. The predicted octanol–water partition coefficient (Wildman–Crippen LogP) is 3.46. The fourth-order valence-electron chi connectivity index (χ4n) is 1.27. The molecular formula is C9H9ClF3N. The van der Waals surface area contributed by atoms with Crippen LogP contribution in [0.5, 0.6) is 0 Å². The highest BCUT2D eigenvalue weighted by atomic mass is 35.5. The molecule has 0 radical (unpaired) electrons. The molecule has 1 rings (SSSR count). The number of rotatable bonds is 1. The molecule has 0 aromatic carbocycles. The van der Waals surface area contributed by atoms with Crippen LogP contribution in [0.4, 0.5) is 13.2 Å². The van der Waals surface area contributed by atoms with Gasteiger partial charge in [0.15, 0.2) is 0 Å². The van der Waals surface area contributed by atoms with Crippen molar-refractivity contribution in [2.75, 3.05) is 0 Å². The van der Waals surface area contributed by atoms with Crippen LogP contribution in [0.2, 0.25) is 0 Å². The third-order valence-corrected chi connectivity index (χ3v) is 2.14. The van der Waals surface area contributed by atoms with E-state index in [4.69, 9.17) is 11.6 Å². The van der Waals surface area contributed by atoms with Crippen LogP contribution in [0.1, 0.15) is 22.5 Å². The van der Waals surface area contributed by atoms with Crippen LogP contribution in [-0.4, -0.2) is 4.98 Å². The average molecular weight is 224 g/mol. The number of halogens is 4. The largest absolute Gasteiger partial charge is 0.433 e. The second kappa shape index (κ2) is 3.77. The van der Waals surface area contributed by atoms with E-state index in [9.17, 15) is 13.2 Å². The summed E-state index contributed by atoms with van der Waals surface area (Å²) in [6.45, 7) is 3.13. The Hall–Kier alpha value is -0.770. The fraction of sp³-hybridized carbons (Fsp3) is 0.444. The van der Waals surface area contributed by atoms with E-state index >= 15 is 0 Å². The van der Waals surface area contributed by atoms with Gasteiger partial charge in [-0.3, -0.25) is 0 Å². The first-order valence-electron chi connectivity index (χ1n) is 3.96. The second-order valence-corrected chi connectivity index (χ2v) is 3.31. The monoisotopic (exact) mass is 223 g/mol. The molecule has 1 aromatic rings. The van der Waals surface area contributed by atoms with E-state index in [2.05, 4.69) is 4.98 Å². The molecule has 14 heavy (non-hydrogen) atoms. The number of aromatic nitrogens is 1. The number of pyridine rings is 1. The molecule has 0 saturated heterocycles. The van der Waals surface area contributed by atoms with E-state index < -0.39 is 11.9 Å². The molecule has 5 heteroatoms. The van der Waals surface area contributed by atoms with Crippen molar-refractivity contribution in [2.45, 2.75) is 25.9 Å². The van der Waals surface area contributed by atoms with Gasteiger partial charge in [0.1, 0.15) is 5.69 Å². The Kier molecular flexibility index (Phi) is 3.04. The molecule has 0 amide bonds. The molecule has 0 bridgehead atoms. The summed E-state index contributed by atoms with van der Waals surface area (Å²) in [6.07, 6.45) is -4.43. The fourth-order valence-corrected chi connectivity index (χ4v) is 1.60. The van der Waals surface area contributed by atoms with Gasteiger partial charge in [-0.2, -0.15) is 13.2 Å². The SMILES string of the molecule is Cc1cc(C)c(CCl)c(C(F)(F)F)n1. The van der Waals surface area contributed by atoms with Crippen LogP contribution in [0.25, 0.3) is 0 Å². The van der Waals surface area contributed by atoms with Crippen molar-refractivity contribution in [3.8, 4) is 0 Å². The lowest BCUT2D eigenvalue weighted by molar-refractivity contribution is -0.141. The maximum atomic E-state index is 12.5. The van der Waals surface area contributed by atoms with Crippen molar-refractivity contribution in [3.05, 3.63) is 28.6 Å². The van der Waals surface area contributed by atoms with Crippen LogP contribution < -0.4 is 0 Å². The Morgan fingerprint density at radius 3 is 2.36 bits per heavy atom. The lowest BCUT2D eigenvalue weighted by atomic mass is 10.1. The van der Waals surface area contributed by atoms with Gasteiger partial charge in [-0.1, -0.05) is 0 Å². The first-order valence-corrected chi connectivity index (χ1v) is 4.50. The minimum absolute atomic E-state index is 0.0600. The average Bonchev–Trinajstić information content (AvgIpc) is 2.01. The quantitative estimate of drug-likeness (QED) is 0.665. The summed E-state index contributed by atoms with van der Waals surface area (Å²) in [5, 5.41) is 0. The van der Waals surface area contributed by atoms with Gasteiger partial charge in [-0.05, 0) is 25.5 Å². The van der Waals surface area contributed by atoms with Gasteiger partial charge in [0, 0.05) is 17.1 Å². The van der Waals surface area contributed by atoms with Crippen molar-refractivity contribution >= 4 is 11.6 Å². The minimum Gasteiger partial charge on any atom is -0.248 e. The Bertz CT molecular complexity index is 347. The van der Waals surface area contributed by atoms with Gasteiger partial charge >= 0.3 is 6.18 Å². The molecule has 0 fully saturated rings. The molecular weight excluding hydrogens is 215 g/mol. The standard InChI is InChI=1S/C9H9ClF3N/c1-5-3-6(2)14-8(7(5)4-10)9(11,12)13/h3H,4H2,1-2H3. The topological polar surface area (TPSA) is 12.9 Å².